The maximum absolute atomic E-state index is 9.84. The number of benzene rings is 2. The average Bonchev–Trinajstić information content (AvgIpc) is 3.09. The van der Waals surface area contributed by atoms with Crippen LogP contribution < -0.4 is 4.74 Å². The van der Waals surface area contributed by atoms with E-state index in [-0.39, 0.29) is 11.3 Å². The van der Waals surface area contributed by atoms with E-state index < -0.39 is 0 Å². The second-order valence-electron chi connectivity index (χ2n) is 7.71. The third kappa shape index (κ3) is 3.61. The fourth-order valence-electron chi connectivity index (χ4n) is 3.79. The summed E-state index contributed by atoms with van der Waals surface area (Å²) >= 11 is 0. The number of rotatable bonds is 5. The van der Waals surface area contributed by atoms with E-state index in [1.807, 2.05) is 54.6 Å². The Kier molecular flexibility index (Phi) is 4.68. The summed E-state index contributed by atoms with van der Waals surface area (Å²) in [6.07, 6.45) is 2.32. The maximum Gasteiger partial charge on any atom is 0.127 e. The van der Waals surface area contributed by atoms with Gasteiger partial charge in [-0.05, 0) is 60.9 Å². The average molecular weight is 331 g/mol. The summed E-state index contributed by atoms with van der Waals surface area (Å²) in [6, 6.07) is 20.3. The first-order valence-corrected chi connectivity index (χ1v) is 8.81. The number of hydrogen-bond acceptors (Lipinski definition) is 2. The van der Waals surface area contributed by atoms with Crippen LogP contribution in [-0.4, -0.2) is 0 Å². The molecular weight excluding hydrogens is 306 g/mol. The molecule has 0 unspecified atom stereocenters. The van der Waals surface area contributed by atoms with Gasteiger partial charge in [0.2, 0.25) is 0 Å². The Morgan fingerprint density at radius 3 is 2.40 bits per heavy atom. The summed E-state index contributed by atoms with van der Waals surface area (Å²) < 4.78 is 5.94. The molecule has 2 nitrogen and oxygen atoms in total. The SMILES string of the molecule is CC(C)=C[C@H]1[C@H]([C@@H](C#N)c2cccc(Oc3ccccc3)c2)C1(C)C. The van der Waals surface area contributed by atoms with Crippen molar-refractivity contribution in [1.29, 1.82) is 5.26 Å². The molecule has 2 aromatic rings. The Hall–Kier alpha value is -2.53. The van der Waals surface area contributed by atoms with Gasteiger partial charge in [-0.3, -0.25) is 0 Å². The van der Waals surface area contributed by atoms with Gasteiger partial charge in [0.25, 0.3) is 0 Å². The van der Waals surface area contributed by atoms with Crippen LogP contribution in [0.3, 0.4) is 0 Å². The second-order valence-corrected chi connectivity index (χ2v) is 7.71. The molecule has 0 aliphatic heterocycles. The topological polar surface area (TPSA) is 33.0 Å². The van der Waals surface area contributed by atoms with E-state index >= 15 is 0 Å². The molecule has 0 spiro atoms. The van der Waals surface area contributed by atoms with Crippen LogP contribution in [0.4, 0.5) is 0 Å². The van der Waals surface area contributed by atoms with Crippen LogP contribution in [-0.2, 0) is 0 Å². The van der Waals surface area contributed by atoms with Crippen LogP contribution >= 0.6 is 0 Å². The minimum Gasteiger partial charge on any atom is -0.457 e. The molecule has 0 aromatic heterocycles. The Labute approximate surface area is 150 Å². The van der Waals surface area contributed by atoms with E-state index in [0.717, 1.165) is 17.1 Å². The number of hydrogen-bond donors (Lipinski definition) is 0. The first-order chi connectivity index (χ1) is 11.9. The van der Waals surface area contributed by atoms with Crippen LogP contribution in [0, 0.1) is 28.6 Å². The Bertz CT molecular complexity index is 809. The minimum absolute atomic E-state index is 0.116. The minimum atomic E-state index is -0.116. The lowest BCUT2D eigenvalue weighted by atomic mass is 9.91. The predicted octanol–water partition coefficient (Wildman–Crippen LogP) is 6.32. The summed E-state index contributed by atoms with van der Waals surface area (Å²) in [5.74, 6) is 2.28. The zero-order chi connectivity index (χ0) is 18.0. The zero-order valence-corrected chi connectivity index (χ0v) is 15.4. The monoisotopic (exact) mass is 331 g/mol. The maximum atomic E-state index is 9.84. The molecule has 0 amide bonds. The van der Waals surface area contributed by atoms with Crippen molar-refractivity contribution in [3.05, 3.63) is 71.8 Å². The van der Waals surface area contributed by atoms with Crippen molar-refractivity contribution in [3.63, 3.8) is 0 Å². The third-order valence-electron chi connectivity index (χ3n) is 5.20. The van der Waals surface area contributed by atoms with Gasteiger partial charge in [-0.1, -0.05) is 55.8 Å². The fraction of sp³-hybridized carbons (Fsp3) is 0.348. The molecule has 25 heavy (non-hydrogen) atoms. The standard InChI is InChI=1S/C23H25NO/c1-16(2)13-21-22(23(21,3)4)20(15-24)17-9-8-12-19(14-17)25-18-10-6-5-7-11-18/h5-14,20-22H,1-4H3/t20-,21-,22-/m0/s1. The third-order valence-corrected chi connectivity index (χ3v) is 5.20. The highest BCUT2D eigenvalue weighted by Crippen LogP contribution is 2.64. The largest absolute Gasteiger partial charge is 0.457 e. The van der Waals surface area contributed by atoms with Crippen LogP contribution in [0.15, 0.2) is 66.2 Å². The number of nitriles is 1. The quantitative estimate of drug-likeness (QED) is 0.600. The summed E-state index contributed by atoms with van der Waals surface area (Å²) in [7, 11) is 0. The molecule has 1 aliphatic carbocycles. The normalized spacial score (nSPS) is 21.7. The van der Waals surface area contributed by atoms with Crippen molar-refractivity contribution in [3.8, 4) is 17.6 Å². The van der Waals surface area contributed by atoms with Crippen molar-refractivity contribution in [2.75, 3.05) is 0 Å². The number of ether oxygens (including phenoxy) is 1. The molecule has 1 aliphatic rings. The van der Waals surface area contributed by atoms with Gasteiger partial charge >= 0.3 is 0 Å². The van der Waals surface area contributed by atoms with Crippen molar-refractivity contribution in [2.24, 2.45) is 17.3 Å². The van der Waals surface area contributed by atoms with Gasteiger partial charge in [-0.25, -0.2) is 0 Å². The molecule has 0 heterocycles. The molecule has 0 bridgehead atoms. The van der Waals surface area contributed by atoms with Gasteiger partial charge in [0, 0.05) is 0 Å². The summed E-state index contributed by atoms with van der Waals surface area (Å²) in [5.41, 5.74) is 2.52. The summed E-state index contributed by atoms with van der Waals surface area (Å²) in [6.45, 7) is 8.77. The molecule has 1 fully saturated rings. The molecule has 1 saturated carbocycles. The number of para-hydroxylation sites is 1. The Balaban J connectivity index is 1.84. The van der Waals surface area contributed by atoms with E-state index in [1.165, 1.54) is 5.57 Å². The molecule has 3 rings (SSSR count). The summed E-state index contributed by atoms with van der Waals surface area (Å²) in [5, 5.41) is 9.84. The highest BCUT2D eigenvalue weighted by molar-refractivity contribution is 5.39. The molecule has 128 valence electrons. The molecular formula is C23H25NO. The van der Waals surface area contributed by atoms with Crippen molar-refractivity contribution >= 4 is 0 Å². The lowest BCUT2D eigenvalue weighted by Gasteiger charge is -2.13. The predicted molar refractivity (Wildman–Crippen MR) is 102 cm³/mol. The van der Waals surface area contributed by atoms with Crippen LogP contribution in [0.1, 0.15) is 39.2 Å². The van der Waals surface area contributed by atoms with E-state index in [4.69, 9.17) is 4.74 Å². The van der Waals surface area contributed by atoms with E-state index in [9.17, 15) is 5.26 Å². The Morgan fingerprint density at radius 2 is 1.76 bits per heavy atom. The molecule has 0 radical (unpaired) electrons. The van der Waals surface area contributed by atoms with Gasteiger partial charge in [0.15, 0.2) is 0 Å². The highest BCUT2D eigenvalue weighted by atomic mass is 16.5. The first kappa shape index (κ1) is 17.3. The van der Waals surface area contributed by atoms with Gasteiger partial charge in [0.05, 0.1) is 12.0 Å². The molecule has 0 saturated heterocycles. The smallest absolute Gasteiger partial charge is 0.127 e. The van der Waals surface area contributed by atoms with Crippen LogP contribution in [0.2, 0.25) is 0 Å². The van der Waals surface area contributed by atoms with Crippen molar-refractivity contribution < 1.29 is 4.74 Å². The van der Waals surface area contributed by atoms with Gasteiger partial charge in [-0.15, -0.1) is 0 Å². The lowest BCUT2D eigenvalue weighted by Crippen LogP contribution is -2.03. The van der Waals surface area contributed by atoms with Gasteiger partial charge < -0.3 is 4.74 Å². The number of allylic oxidation sites excluding steroid dienone is 2. The molecule has 3 atom stereocenters. The van der Waals surface area contributed by atoms with Crippen LogP contribution in [0.5, 0.6) is 11.5 Å². The summed E-state index contributed by atoms with van der Waals surface area (Å²) in [4.78, 5) is 0. The fourth-order valence-corrected chi connectivity index (χ4v) is 3.79. The molecule has 0 N–H and O–H groups in total. The molecule has 2 aromatic carbocycles. The van der Waals surface area contributed by atoms with Crippen LogP contribution in [0.25, 0.3) is 0 Å². The lowest BCUT2D eigenvalue weighted by molar-refractivity contribution is 0.479. The number of nitrogens with zero attached hydrogens (tertiary/aromatic N) is 1. The van der Waals surface area contributed by atoms with E-state index in [1.54, 1.807) is 0 Å². The van der Waals surface area contributed by atoms with Gasteiger partial charge in [-0.2, -0.15) is 5.26 Å². The van der Waals surface area contributed by atoms with E-state index in [2.05, 4.69) is 39.8 Å². The molecule has 2 heteroatoms. The van der Waals surface area contributed by atoms with E-state index in [0.29, 0.717) is 11.8 Å². The van der Waals surface area contributed by atoms with Gasteiger partial charge in [0.1, 0.15) is 11.5 Å². The zero-order valence-electron chi connectivity index (χ0n) is 15.4. The highest BCUT2D eigenvalue weighted by Gasteiger charge is 2.59. The first-order valence-electron chi connectivity index (χ1n) is 8.81. The second kappa shape index (κ2) is 6.76. The van der Waals surface area contributed by atoms with Crippen molar-refractivity contribution in [1.82, 2.24) is 0 Å². The Morgan fingerprint density at radius 1 is 1.08 bits per heavy atom. The van der Waals surface area contributed by atoms with Crippen molar-refractivity contribution in [2.45, 2.75) is 33.6 Å².